The molecule has 0 amide bonds. The fourth-order valence-corrected chi connectivity index (χ4v) is 3.73. The van der Waals surface area contributed by atoms with Gasteiger partial charge in [-0.3, -0.25) is 9.59 Å². The molecule has 0 aliphatic rings. The summed E-state index contributed by atoms with van der Waals surface area (Å²) in [5.41, 5.74) is 1.63. The SMILES string of the molecule is CN(Cc1ccc(-c2noc(C(F)(F)F)n2)cc1)c1c(NCc2ccsc2)c(=O)c1=O. The summed E-state index contributed by atoms with van der Waals surface area (Å²) in [4.78, 5) is 29.1. The smallest absolute Gasteiger partial charge is 0.376 e. The van der Waals surface area contributed by atoms with Crippen LogP contribution in [0.2, 0.25) is 0 Å². The van der Waals surface area contributed by atoms with Gasteiger partial charge in [-0.25, -0.2) is 0 Å². The van der Waals surface area contributed by atoms with Crippen molar-refractivity contribution in [2.24, 2.45) is 0 Å². The Hall–Kier alpha value is -3.47. The molecule has 0 unspecified atom stereocenters. The van der Waals surface area contributed by atoms with Crippen LogP contribution in [0.25, 0.3) is 11.4 Å². The van der Waals surface area contributed by atoms with Crippen LogP contribution in [0.3, 0.4) is 0 Å². The number of thiophene rings is 1. The normalized spacial score (nSPS) is 11.7. The Morgan fingerprint density at radius 3 is 2.45 bits per heavy atom. The third kappa shape index (κ3) is 4.22. The predicted molar refractivity (Wildman–Crippen MR) is 110 cm³/mol. The summed E-state index contributed by atoms with van der Waals surface area (Å²) >= 11 is 1.54. The van der Waals surface area contributed by atoms with Gasteiger partial charge in [0.2, 0.25) is 5.82 Å². The highest BCUT2D eigenvalue weighted by Crippen LogP contribution is 2.29. The first-order valence-electron chi connectivity index (χ1n) is 9.03. The van der Waals surface area contributed by atoms with Crippen LogP contribution >= 0.6 is 11.3 Å². The van der Waals surface area contributed by atoms with E-state index in [-0.39, 0.29) is 11.5 Å². The van der Waals surface area contributed by atoms with Crippen LogP contribution < -0.4 is 21.1 Å². The Labute approximate surface area is 177 Å². The zero-order valence-electron chi connectivity index (χ0n) is 16.1. The first-order valence-corrected chi connectivity index (χ1v) is 9.98. The molecule has 7 nitrogen and oxygen atoms in total. The standard InChI is InChI=1S/C20H15F3N4O3S/c1-27(15-14(16(28)17(15)29)24-8-12-6-7-31-10-12)9-11-2-4-13(5-3-11)18-25-19(30-26-18)20(21,22)23/h2-7,10,24H,8-9H2,1H3. The highest BCUT2D eigenvalue weighted by atomic mass is 32.1. The van der Waals surface area contributed by atoms with Crippen molar-refractivity contribution in [1.82, 2.24) is 10.1 Å². The largest absolute Gasteiger partial charge is 0.471 e. The maximum atomic E-state index is 12.6. The summed E-state index contributed by atoms with van der Waals surface area (Å²) < 4.78 is 42.0. The van der Waals surface area contributed by atoms with Crippen LogP contribution in [0.4, 0.5) is 24.5 Å². The fraction of sp³-hybridized carbons (Fsp3) is 0.200. The molecular weight excluding hydrogens is 433 g/mol. The summed E-state index contributed by atoms with van der Waals surface area (Å²) in [6.07, 6.45) is -4.70. The molecule has 2 aromatic heterocycles. The van der Waals surface area contributed by atoms with Gasteiger partial charge in [0, 0.05) is 25.7 Å². The Balaban J connectivity index is 1.45. The molecule has 4 rings (SSSR count). The number of nitrogens with one attached hydrogen (secondary N) is 1. The van der Waals surface area contributed by atoms with Gasteiger partial charge in [0.1, 0.15) is 11.4 Å². The molecule has 1 N–H and O–H groups in total. The molecule has 2 aromatic carbocycles. The van der Waals surface area contributed by atoms with Gasteiger partial charge in [-0.2, -0.15) is 29.5 Å². The minimum atomic E-state index is -4.70. The number of benzene rings is 1. The summed E-state index contributed by atoms with van der Waals surface area (Å²) in [6.45, 7) is 0.757. The predicted octanol–water partition coefficient (Wildman–Crippen LogP) is 3.66. The number of nitrogens with zero attached hydrogens (tertiary/aromatic N) is 3. The Kier molecular flexibility index (Phi) is 5.36. The number of hydrogen-bond donors (Lipinski definition) is 1. The second kappa shape index (κ2) is 7.99. The van der Waals surface area contributed by atoms with Crippen molar-refractivity contribution in [1.29, 1.82) is 0 Å². The van der Waals surface area contributed by atoms with Crippen LogP contribution in [-0.2, 0) is 19.3 Å². The average molecular weight is 448 g/mol. The lowest BCUT2D eigenvalue weighted by molar-refractivity contribution is -0.159. The van der Waals surface area contributed by atoms with Gasteiger partial charge in [-0.05, 0) is 28.0 Å². The van der Waals surface area contributed by atoms with Crippen molar-refractivity contribution in [2.75, 3.05) is 17.3 Å². The maximum Gasteiger partial charge on any atom is 0.471 e. The molecule has 0 saturated carbocycles. The molecular formula is C20H15F3N4O3S. The molecule has 0 radical (unpaired) electrons. The quantitative estimate of drug-likeness (QED) is 0.432. The van der Waals surface area contributed by atoms with Crippen molar-refractivity contribution < 1.29 is 17.7 Å². The van der Waals surface area contributed by atoms with Crippen molar-refractivity contribution in [2.45, 2.75) is 19.3 Å². The number of alkyl halides is 3. The lowest BCUT2D eigenvalue weighted by Gasteiger charge is -2.23. The summed E-state index contributed by atoms with van der Waals surface area (Å²) in [5, 5.41) is 10.2. The number of anilines is 2. The minimum Gasteiger partial charge on any atom is -0.376 e. The molecule has 0 saturated heterocycles. The fourth-order valence-electron chi connectivity index (χ4n) is 3.06. The number of rotatable bonds is 7. The van der Waals surface area contributed by atoms with Gasteiger partial charge in [-0.1, -0.05) is 29.4 Å². The van der Waals surface area contributed by atoms with E-state index in [0.29, 0.717) is 24.3 Å². The molecule has 0 aliphatic carbocycles. The Morgan fingerprint density at radius 1 is 1.10 bits per heavy atom. The lowest BCUT2D eigenvalue weighted by atomic mass is 10.1. The van der Waals surface area contributed by atoms with Gasteiger partial charge >= 0.3 is 12.1 Å². The van der Waals surface area contributed by atoms with Gasteiger partial charge in [0.15, 0.2) is 0 Å². The van der Waals surface area contributed by atoms with Crippen LogP contribution in [0.1, 0.15) is 17.0 Å². The van der Waals surface area contributed by atoms with Crippen LogP contribution in [-0.4, -0.2) is 17.2 Å². The van der Waals surface area contributed by atoms with Gasteiger partial charge < -0.3 is 14.7 Å². The van der Waals surface area contributed by atoms with E-state index in [4.69, 9.17) is 0 Å². The molecule has 4 aromatic rings. The van der Waals surface area contributed by atoms with E-state index in [1.54, 1.807) is 47.5 Å². The topological polar surface area (TPSA) is 88.3 Å². The van der Waals surface area contributed by atoms with Crippen LogP contribution in [0.15, 0.2) is 55.2 Å². The highest BCUT2D eigenvalue weighted by molar-refractivity contribution is 7.07. The second-order valence-electron chi connectivity index (χ2n) is 6.84. The Bertz CT molecular complexity index is 1260. The second-order valence-corrected chi connectivity index (χ2v) is 7.62. The molecule has 0 fully saturated rings. The van der Waals surface area contributed by atoms with Crippen LogP contribution in [0, 0.1) is 0 Å². The van der Waals surface area contributed by atoms with E-state index < -0.39 is 22.9 Å². The molecule has 160 valence electrons. The molecule has 0 aliphatic heterocycles. The molecule has 0 spiro atoms. The monoisotopic (exact) mass is 448 g/mol. The third-order valence-corrected chi connectivity index (χ3v) is 5.35. The van der Waals surface area contributed by atoms with E-state index >= 15 is 0 Å². The van der Waals surface area contributed by atoms with Crippen molar-refractivity contribution >= 4 is 22.7 Å². The first-order chi connectivity index (χ1) is 14.7. The number of halogens is 3. The summed E-state index contributed by atoms with van der Waals surface area (Å²) in [7, 11) is 1.69. The van der Waals surface area contributed by atoms with E-state index in [1.165, 1.54) is 0 Å². The number of hydrogen-bond acceptors (Lipinski definition) is 8. The zero-order valence-corrected chi connectivity index (χ0v) is 16.9. The van der Waals surface area contributed by atoms with Gasteiger partial charge in [-0.15, -0.1) is 0 Å². The van der Waals surface area contributed by atoms with E-state index in [2.05, 4.69) is 20.0 Å². The molecule has 0 atom stereocenters. The van der Waals surface area contributed by atoms with E-state index in [9.17, 15) is 22.8 Å². The van der Waals surface area contributed by atoms with E-state index in [1.807, 2.05) is 16.8 Å². The minimum absolute atomic E-state index is 0.172. The number of aromatic nitrogens is 2. The average Bonchev–Trinajstić information content (AvgIpc) is 3.42. The summed E-state index contributed by atoms with van der Waals surface area (Å²) in [5.74, 6) is -1.58. The molecule has 0 bridgehead atoms. The molecule has 11 heteroatoms. The van der Waals surface area contributed by atoms with Crippen molar-refractivity contribution in [3.05, 3.63) is 78.6 Å². The zero-order chi connectivity index (χ0) is 22.2. The first kappa shape index (κ1) is 20.8. The third-order valence-electron chi connectivity index (χ3n) is 4.62. The Morgan fingerprint density at radius 2 is 1.84 bits per heavy atom. The van der Waals surface area contributed by atoms with E-state index in [0.717, 1.165) is 11.1 Å². The summed E-state index contributed by atoms with van der Waals surface area (Å²) in [6, 6.07) is 8.41. The van der Waals surface area contributed by atoms with Gasteiger partial charge in [0.05, 0.1) is 0 Å². The molecule has 31 heavy (non-hydrogen) atoms. The lowest BCUT2D eigenvalue weighted by Crippen LogP contribution is -2.41. The van der Waals surface area contributed by atoms with Crippen LogP contribution in [0.5, 0.6) is 0 Å². The molecule has 2 heterocycles. The van der Waals surface area contributed by atoms with Gasteiger partial charge in [0.25, 0.3) is 10.9 Å². The highest BCUT2D eigenvalue weighted by Gasteiger charge is 2.38. The van der Waals surface area contributed by atoms with Crippen molar-refractivity contribution in [3.8, 4) is 11.4 Å². The van der Waals surface area contributed by atoms with Crippen molar-refractivity contribution in [3.63, 3.8) is 0 Å². The maximum absolute atomic E-state index is 12.6.